The quantitative estimate of drug-likeness (QED) is 0.669. The van der Waals surface area contributed by atoms with E-state index in [9.17, 15) is 0 Å². The Hall–Kier alpha value is -1.63. The van der Waals surface area contributed by atoms with Gasteiger partial charge >= 0.3 is 0 Å². The molecule has 1 nitrogen and oxygen atoms in total. The van der Waals surface area contributed by atoms with Gasteiger partial charge in [-0.25, -0.2) is 0 Å². The molecule has 2 rings (SSSR count). The fourth-order valence-electron chi connectivity index (χ4n) is 2.47. The van der Waals surface area contributed by atoms with Crippen LogP contribution in [0, 0.1) is 34.6 Å². The van der Waals surface area contributed by atoms with Gasteiger partial charge in [-0.3, -0.25) is 0 Å². The Labute approximate surface area is 110 Å². The maximum Gasteiger partial charge on any atom is 0.212 e. The molecule has 1 aromatic heterocycles. The Kier molecular flexibility index (Phi) is 3.25. The zero-order chi connectivity index (χ0) is 13.4. The van der Waals surface area contributed by atoms with Crippen LogP contribution in [0.3, 0.4) is 0 Å². The zero-order valence-corrected chi connectivity index (χ0v) is 12.3. The fraction of sp³-hybridized carbons (Fsp3) is 0.353. The van der Waals surface area contributed by atoms with Crippen molar-refractivity contribution in [1.82, 2.24) is 0 Å². The molecule has 94 valence electrons. The van der Waals surface area contributed by atoms with Crippen molar-refractivity contribution in [1.29, 1.82) is 0 Å². The van der Waals surface area contributed by atoms with Crippen LogP contribution in [0.4, 0.5) is 0 Å². The number of nitrogens with zero attached hydrogens (tertiary/aromatic N) is 1. The molecular formula is C17H22N+. The fourth-order valence-corrected chi connectivity index (χ4v) is 2.47. The monoisotopic (exact) mass is 240 g/mol. The minimum Gasteiger partial charge on any atom is -0.199 e. The van der Waals surface area contributed by atoms with Crippen molar-refractivity contribution >= 4 is 0 Å². The van der Waals surface area contributed by atoms with E-state index in [-0.39, 0.29) is 0 Å². The molecule has 0 saturated heterocycles. The summed E-state index contributed by atoms with van der Waals surface area (Å²) in [4.78, 5) is 0. The van der Waals surface area contributed by atoms with E-state index >= 15 is 0 Å². The molecule has 0 fully saturated rings. The van der Waals surface area contributed by atoms with E-state index in [1.807, 2.05) is 0 Å². The maximum absolute atomic E-state index is 2.30. The van der Waals surface area contributed by atoms with Crippen LogP contribution in [0.1, 0.15) is 27.9 Å². The van der Waals surface area contributed by atoms with E-state index in [1.165, 1.54) is 39.2 Å². The highest BCUT2D eigenvalue weighted by atomic mass is 14.9. The third-order valence-electron chi connectivity index (χ3n) is 3.81. The summed E-state index contributed by atoms with van der Waals surface area (Å²) >= 11 is 0. The van der Waals surface area contributed by atoms with Crippen LogP contribution in [0.2, 0.25) is 0 Å². The highest BCUT2D eigenvalue weighted by Crippen LogP contribution is 2.24. The van der Waals surface area contributed by atoms with Crippen molar-refractivity contribution < 1.29 is 4.57 Å². The van der Waals surface area contributed by atoms with Crippen molar-refractivity contribution in [3.05, 3.63) is 52.2 Å². The Morgan fingerprint density at radius 2 is 1.33 bits per heavy atom. The van der Waals surface area contributed by atoms with Crippen molar-refractivity contribution in [2.24, 2.45) is 7.05 Å². The van der Waals surface area contributed by atoms with Crippen LogP contribution in [0.15, 0.2) is 24.3 Å². The van der Waals surface area contributed by atoms with Crippen molar-refractivity contribution in [3.8, 4) is 11.3 Å². The lowest BCUT2D eigenvalue weighted by Gasteiger charge is -2.10. The zero-order valence-electron chi connectivity index (χ0n) is 12.3. The second-order valence-corrected chi connectivity index (χ2v) is 5.37. The van der Waals surface area contributed by atoms with Gasteiger partial charge in [-0.05, 0) is 56.0 Å². The Balaban J connectivity index is 2.73. The molecule has 0 aliphatic heterocycles. The number of rotatable bonds is 1. The molecule has 1 aromatic carbocycles. The number of aromatic nitrogens is 1. The van der Waals surface area contributed by atoms with Gasteiger partial charge in [0.2, 0.25) is 5.69 Å². The van der Waals surface area contributed by atoms with Gasteiger partial charge in [0.25, 0.3) is 0 Å². The summed E-state index contributed by atoms with van der Waals surface area (Å²) in [7, 11) is 2.14. The molecule has 0 saturated carbocycles. The van der Waals surface area contributed by atoms with E-state index in [2.05, 4.69) is 70.5 Å². The highest BCUT2D eigenvalue weighted by Gasteiger charge is 2.16. The minimum atomic E-state index is 1.29. The summed E-state index contributed by atoms with van der Waals surface area (Å²) in [6.07, 6.45) is 0. The summed E-state index contributed by atoms with van der Waals surface area (Å²) < 4.78 is 2.27. The summed E-state index contributed by atoms with van der Waals surface area (Å²) in [6, 6.07) is 9.07. The van der Waals surface area contributed by atoms with E-state index in [0.29, 0.717) is 0 Å². The van der Waals surface area contributed by atoms with Gasteiger partial charge in [-0.2, -0.15) is 4.57 Å². The van der Waals surface area contributed by atoms with Gasteiger partial charge in [-0.15, -0.1) is 0 Å². The number of benzene rings is 1. The van der Waals surface area contributed by atoms with Gasteiger partial charge in [0.1, 0.15) is 7.05 Å². The second-order valence-electron chi connectivity index (χ2n) is 5.37. The largest absolute Gasteiger partial charge is 0.212 e. The first kappa shape index (κ1) is 12.8. The average Bonchev–Trinajstić information content (AvgIpc) is 2.29. The van der Waals surface area contributed by atoms with Crippen LogP contribution in [0.25, 0.3) is 11.3 Å². The van der Waals surface area contributed by atoms with Crippen molar-refractivity contribution in [3.63, 3.8) is 0 Å². The van der Waals surface area contributed by atoms with Gasteiger partial charge in [0.05, 0.1) is 0 Å². The molecule has 1 heteroatoms. The number of hydrogen-bond donors (Lipinski definition) is 0. The third kappa shape index (κ3) is 2.17. The molecule has 0 atom stereocenters. The Bertz CT molecular complexity index is 609. The molecule has 0 spiro atoms. The molecule has 0 radical (unpaired) electrons. The molecule has 0 bridgehead atoms. The van der Waals surface area contributed by atoms with Crippen LogP contribution < -0.4 is 4.57 Å². The summed E-state index contributed by atoms with van der Waals surface area (Å²) in [5, 5.41) is 0. The predicted octanol–water partition coefficient (Wildman–Crippen LogP) is 3.72. The standard InChI is InChI=1S/C17H22N/c1-11-7-15(5)18(6)17(8-11)16-10-13(3)12(2)9-14(16)4/h7-10H,1-6H3/q+1. The smallest absolute Gasteiger partial charge is 0.199 e. The first-order valence-electron chi connectivity index (χ1n) is 6.45. The van der Waals surface area contributed by atoms with Gasteiger partial charge in [0.15, 0.2) is 5.69 Å². The molecule has 18 heavy (non-hydrogen) atoms. The van der Waals surface area contributed by atoms with Gasteiger partial charge in [-0.1, -0.05) is 6.07 Å². The second kappa shape index (κ2) is 4.56. The minimum absolute atomic E-state index is 1.29. The van der Waals surface area contributed by atoms with Crippen LogP contribution in [-0.4, -0.2) is 0 Å². The molecule has 0 N–H and O–H groups in total. The van der Waals surface area contributed by atoms with E-state index in [1.54, 1.807) is 0 Å². The predicted molar refractivity (Wildman–Crippen MR) is 76.7 cm³/mol. The normalized spacial score (nSPS) is 10.8. The lowest BCUT2D eigenvalue weighted by Crippen LogP contribution is -2.35. The summed E-state index contributed by atoms with van der Waals surface area (Å²) in [5.74, 6) is 0. The molecule has 1 heterocycles. The van der Waals surface area contributed by atoms with Crippen LogP contribution >= 0.6 is 0 Å². The highest BCUT2D eigenvalue weighted by molar-refractivity contribution is 5.63. The van der Waals surface area contributed by atoms with E-state index < -0.39 is 0 Å². The first-order chi connectivity index (χ1) is 8.40. The number of hydrogen-bond acceptors (Lipinski definition) is 0. The lowest BCUT2D eigenvalue weighted by molar-refractivity contribution is -0.666. The topological polar surface area (TPSA) is 3.88 Å². The van der Waals surface area contributed by atoms with Crippen LogP contribution in [-0.2, 0) is 7.05 Å². The SMILES string of the molecule is Cc1cc(C)[n+](C)c(-c2cc(C)c(C)cc2C)c1. The maximum atomic E-state index is 2.30. The van der Waals surface area contributed by atoms with Crippen molar-refractivity contribution in [2.45, 2.75) is 34.6 Å². The van der Waals surface area contributed by atoms with Gasteiger partial charge in [0, 0.05) is 24.6 Å². The Morgan fingerprint density at radius 3 is 2.00 bits per heavy atom. The summed E-state index contributed by atoms with van der Waals surface area (Å²) in [6.45, 7) is 10.9. The van der Waals surface area contributed by atoms with Crippen LogP contribution in [0.5, 0.6) is 0 Å². The molecule has 2 aromatic rings. The molecule has 0 aliphatic rings. The number of pyridine rings is 1. The van der Waals surface area contributed by atoms with E-state index in [0.717, 1.165) is 0 Å². The lowest BCUT2D eigenvalue weighted by atomic mass is 9.97. The average molecular weight is 240 g/mol. The van der Waals surface area contributed by atoms with Gasteiger partial charge < -0.3 is 0 Å². The molecule has 0 amide bonds. The van der Waals surface area contributed by atoms with E-state index in [4.69, 9.17) is 0 Å². The number of aryl methyl sites for hydroxylation is 5. The third-order valence-corrected chi connectivity index (χ3v) is 3.81. The Morgan fingerprint density at radius 1 is 0.722 bits per heavy atom. The molecule has 0 unspecified atom stereocenters. The summed E-state index contributed by atoms with van der Waals surface area (Å²) in [5.41, 5.74) is 9.32. The molecular weight excluding hydrogens is 218 g/mol. The molecule has 0 aliphatic carbocycles. The first-order valence-corrected chi connectivity index (χ1v) is 6.45. The van der Waals surface area contributed by atoms with Crippen molar-refractivity contribution in [2.75, 3.05) is 0 Å².